The zero-order valence-corrected chi connectivity index (χ0v) is 15.3. The number of hydrogen-bond acceptors (Lipinski definition) is 6. The lowest BCUT2D eigenvalue weighted by atomic mass is 10.1. The smallest absolute Gasteiger partial charge is 0.307 e. The average molecular weight is 398 g/mol. The Morgan fingerprint density at radius 2 is 1.85 bits per heavy atom. The first kappa shape index (κ1) is 20.4. The number of anilines is 1. The molecule has 27 heavy (non-hydrogen) atoms. The van der Waals surface area contributed by atoms with Gasteiger partial charge < -0.3 is 14.8 Å². The van der Waals surface area contributed by atoms with E-state index in [1.807, 2.05) is 0 Å². The van der Waals surface area contributed by atoms with Crippen molar-refractivity contribution in [1.82, 2.24) is 9.78 Å². The zero-order valence-electron chi connectivity index (χ0n) is 14.6. The molecule has 10 heteroatoms. The van der Waals surface area contributed by atoms with E-state index in [0.29, 0.717) is 5.69 Å². The number of hydrogen-bond donors (Lipinski definition) is 1. The van der Waals surface area contributed by atoms with Crippen molar-refractivity contribution in [2.75, 3.05) is 19.5 Å². The normalized spacial score (nSPS) is 10.6. The van der Waals surface area contributed by atoms with Gasteiger partial charge in [0.25, 0.3) is 5.91 Å². The van der Waals surface area contributed by atoms with Gasteiger partial charge in [-0.25, -0.2) is 4.39 Å². The quantitative estimate of drug-likeness (QED) is 0.721. The molecule has 1 aromatic heterocycles. The second kappa shape index (κ2) is 9.13. The monoisotopic (exact) mass is 397 g/mol. The molecule has 0 unspecified atom stereocenters. The van der Waals surface area contributed by atoms with Crippen LogP contribution in [0.1, 0.15) is 29.2 Å². The molecular weight excluding hydrogens is 381 g/mol. The number of methoxy groups -OCH3 is 2. The van der Waals surface area contributed by atoms with Gasteiger partial charge in [0.2, 0.25) is 0 Å². The maximum absolute atomic E-state index is 13.1. The molecule has 0 radical (unpaired) electrons. The van der Waals surface area contributed by atoms with Crippen LogP contribution in [-0.2, 0) is 19.1 Å². The van der Waals surface area contributed by atoms with Crippen molar-refractivity contribution in [1.29, 1.82) is 0 Å². The van der Waals surface area contributed by atoms with Crippen molar-refractivity contribution in [3.63, 3.8) is 0 Å². The summed E-state index contributed by atoms with van der Waals surface area (Å²) in [5.74, 6) is -2.17. The molecule has 0 atom stereocenters. The van der Waals surface area contributed by atoms with Gasteiger partial charge >= 0.3 is 11.9 Å². The summed E-state index contributed by atoms with van der Waals surface area (Å²) in [4.78, 5) is 35.4. The molecule has 0 saturated carbocycles. The molecule has 2 rings (SSSR count). The minimum atomic E-state index is -0.648. The summed E-state index contributed by atoms with van der Waals surface area (Å²) in [6.45, 7) is 0. The fourth-order valence-corrected chi connectivity index (χ4v) is 2.54. The molecule has 0 aliphatic heterocycles. The Morgan fingerprint density at radius 3 is 2.41 bits per heavy atom. The van der Waals surface area contributed by atoms with Crippen molar-refractivity contribution in [3.8, 4) is 0 Å². The lowest BCUT2D eigenvalue weighted by Gasteiger charge is -2.15. The van der Waals surface area contributed by atoms with Crippen molar-refractivity contribution in [3.05, 3.63) is 47.0 Å². The second-order valence-corrected chi connectivity index (χ2v) is 5.91. The molecule has 0 aliphatic carbocycles. The summed E-state index contributed by atoms with van der Waals surface area (Å²) in [7, 11) is 2.47. The van der Waals surface area contributed by atoms with Gasteiger partial charge in [0.1, 0.15) is 5.82 Å². The largest absolute Gasteiger partial charge is 0.469 e. The predicted octanol–water partition coefficient (Wildman–Crippen LogP) is 2.60. The second-order valence-electron chi connectivity index (χ2n) is 5.50. The Balaban J connectivity index is 2.15. The summed E-state index contributed by atoms with van der Waals surface area (Å²) in [6, 6.07) is 2.76. The lowest BCUT2D eigenvalue weighted by molar-refractivity contribution is -0.144. The highest BCUT2D eigenvalue weighted by Gasteiger charge is 2.22. The van der Waals surface area contributed by atoms with Crippen molar-refractivity contribution in [2.45, 2.75) is 18.9 Å². The van der Waals surface area contributed by atoms with Crippen molar-refractivity contribution < 1.29 is 28.2 Å². The molecule has 0 spiro atoms. The molecule has 1 N–H and O–H groups in total. The first-order valence-corrected chi connectivity index (χ1v) is 8.16. The predicted molar refractivity (Wildman–Crippen MR) is 93.9 cm³/mol. The van der Waals surface area contributed by atoms with E-state index in [0.717, 1.165) is 12.1 Å². The number of esters is 2. The number of amides is 1. The minimum Gasteiger partial charge on any atom is -0.469 e. The van der Waals surface area contributed by atoms with Crippen LogP contribution in [0.3, 0.4) is 0 Å². The number of nitrogens with zero attached hydrogens (tertiary/aromatic N) is 2. The summed E-state index contributed by atoms with van der Waals surface area (Å²) in [5.41, 5.74) is 0.395. The number of carbonyl (C=O) groups excluding carboxylic acids is 3. The van der Waals surface area contributed by atoms with Crippen molar-refractivity contribution >= 4 is 35.1 Å². The van der Waals surface area contributed by atoms with Crippen LogP contribution in [0.5, 0.6) is 0 Å². The van der Waals surface area contributed by atoms with E-state index in [1.165, 1.54) is 37.4 Å². The van der Waals surface area contributed by atoms with E-state index in [-0.39, 0.29) is 23.4 Å². The van der Waals surface area contributed by atoms with E-state index in [9.17, 15) is 18.8 Å². The molecule has 1 aromatic carbocycles. The van der Waals surface area contributed by atoms with Gasteiger partial charge in [-0.15, -0.1) is 0 Å². The van der Waals surface area contributed by atoms with Gasteiger partial charge in [-0.05, 0) is 18.2 Å². The summed E-state index contributed by atoms with van der Waals surface area (Å²) < 4.78 is 23.7. The number of halogens is 2. The van der Waals surface area contributed by atoms with Crippen LogP contribution >= 0.6 is 11.6 Å². The number of nitrogens with one attached hydrogen (secondary N) is 1. The number of carbonyl (C=O) groups is 3. The van der Waals surface area contributed by atoms with Gasteiger partial charge in [-0.3, -0.25) is 19.1 Å². The molecule has 1 amide bonds. The van der Waals surface area contributed by atoms with E-state index >= 15 is 0 Å². The van der Waals surface area contributed by atoms with Crippen LogP contribution in [-0.4, -0.2) is 41.8 Å². The molecule has 144 valence electrons. The van der Waals surface area contributed by atoms with Crippen molar-refractivity contribution in [2.24, 2.45) is 0 Å². The molecule has 0 aliphatic rings. The Morgan fingerprint density at radius 1 is 1.22 bits per heavy atom. The van der Waals surface area contributed by atoms with Crippen LogP contribution in [0, 0.1) is 5.82 Å². The number of benzene rings is 1. The van der Waals surface area contributed by atoms with E-state index in [4.69, 9.17) is 11.6 Å². The first-order chi connectivity index (χ1) is 12.8. The molecule has 0 bridgehead atoms. The maximum atomic E-state index is 13.1. The van der Waals surface area contributed by atoms with Crippen LogP contribution in [0.2, 0.25) is 5.02 Å². The van der Waals surface area contributed by atoms with Crippen LogP contribution in [0.15, 0.2) is 30.6 Å². The molecule has 0 fully saturated rings. The van der Waals surface area contributed by atoms with Crippen LogP contribution < -0.4 is 5.32 Å². The van der Waals surface area contributed by atoms with E-state index < -0.39 is 29.7 Å². The number of ether oxygens (including phenoxy) is 2. The summed E-state index contributed by atoms with van der Waals surface area (Å²) in [5, 5.41) is 6.60. The van der Waals surface area contributed by atoms with Gasteiger partial charge in [-0.1, -0.05) is 11.6 Å². The highest BCUT2D eigenvalue weighted by Crippen LogP contribution is 2.21. The number of aromatic nitrogens is 2. The SMILES string of the molecule is COC(=O)CC(CC(=O)OC)n1cc(NC(=O)c2ccc(F)cc2Cl)cn1. The first-order valence-electron chi connectivity index (χ1n) is 7.78. The molecule has 1 heterocycles. The Kier molecular flexibility index (Phi) is 6.89. The van der Waals surface area contributed by atoms with Gasteiger partial charge in [-0.2, -0.15) is 5.10 Å². The minimum absolute atomic E-state index is 0.0332. The standard InChI is InChI=1S/C17H17ClFN3O5/c1-26-15(23)6-12(7-16(24)27-2)22-9-11(8-20-22)21-17(25)13-4-3-10(19)5-14(13)18/h3-5,8-9,12H,6-7H2,1-2H3,(H,21,25). The third kappa shape index (κ3) is 5.52. The molecule has 0 saturated heterocycles. The average Bonchev–Trinajstić information content (AvgIpc) is 3.09. The molecule has 2 aromatic rings. The van der Waals surface area contributed by atoms with E-state index in [1.54, 1.807) is 0 Å². The fourth-order valence-electron chi connectivity index (χ4n) is 2.28. The van der Waals surface area contributed by atoms with Gasteiger partial charge in [0.05, 0.1) is 55.6 Å². The zero-order chi connectivity index (χ0) is 20.0. The third-order valence-electron chi connectivity index (χ3n) is 3.67. The summed E-state index contributed by atoms with van der Waals surface area (Å²) in [6.07, 6.45) is 2.58. The summed E-state index contributed by atoms with van der Waals surface area (Å²) >= 11 is 5.87. The molecule has 8 nitrogen and oxygen atoms in total. The fraction of sp³-hybridized carbons (Fsp3) is 0.294. The third-order valence-corrected chi connectivity index (χ3v) is 3.98. The number of rotatable bonds is 7. The molecular formula is C17H17ClFN3O5. The van der Waals surface area contributed by atoms with Gasteiger partial charge in [0.15, 0.2) is 0 Å². The highest BCUT2D eigenvalue weighted by atomic mass is 35.5. The van der Waals surface area contributed by atoms with Gasteiger partial charge in [0, 0.05) is 6.20 Å². The highest BCUT2D eigenvalue weighted by molar-refractivity contribution is 6.34. The van der Waals surface area contributed by atoms with Crippen LogP contribution in [0.25, 0.3) is 0 Å². The lowest BCUT2D eigenvalue weighted by Crippen LogP contribution is -2.19. The Labute approximate surface area is 159 Å². The maximum Gasteiger partial charge on any atom is 0.307 e. The topological polar surface area (TPSA) is 99.5 Å². The Hall–Kier alpha value is -2.94. The Bertz CT molecular complexity index is 837. The van der Waals surface area contributed by atoms with Crippen LogP contribution in [0.4, 0.5) is 10.1 Å². The van der Waals surface area contributed by atoms with E-state index in [2.05, 4.69) is 19.9 Å².